The monoisotopic (exact) mass is 642 g/mol. The highest BCUT2D eigenvalue weighted by atomic mass is 32.2. The van der Waals surface area contributed by atoms with Crippen molar-refractivity contribution in [3.05, 3.63) is 85.5 Å². The molecule has 242 valence electrons. The molecule has 2 aromatic carbocycles. The van der Waals surface area contributed by atoms with E-state index in [1.165, 1.54) is 0 Å². The fourth-order valence-corrected chi connectivity index (χ4v) is 10.4. The zero-order chi connectivity index (χ0) is 32.6. The Balaban J connectivity index is 1.39. The SMILES string of the molecule is C=CCN(Cn1nnc2ccccc21)C(=O)C1N([C@@H](CC)CO)C(=O)[C@@H]2[C@@H](C(=O)N(CC=C)Cc3ccccc3)[C@H]3CC(C)C12S3. The Bertz CT molecular complexity index is 1630. The van der Waals surface area contributed by atoms with Crippen LogP contribution in [-0.2, 0) is 27.6 Å². The van der Waals surface area contributed by atoms with Gasteiger partial charge in [-0.2, -0.15) is 0 Å². The number of fused-ring (bicyclic) bond motifs is 2. The van der Waals surface area contributed by atoms with Gasteiger partial charge in [-0.05, 0) is 36.5 Å². The second-order valence-corrected chi connectivity index (χ2v) is 14.2. The summed E-state index contributed by atoms with van der Waals surface area (Å²) in [6.07, 6.45) is 4.58. The van der Waals surface area contributed by atoms with Crippen molar-refractivity contribution >= 4 is 40.5 Å². The van der Waals surface area contributed by atoms with E-state index in [0.717, 1.165) is 23.0 Å². The molecule has 3 aromatic rings. The molecule has 3 aliphatic heterocycles. The van der Waals surface area contributed by atoms with Crippen LogP contribution in [0.15, 0.2) is 79.9 Å². The summed E-state index contributed by atoms with van der Waals surface area (Å²) in [5.74, 6) is -1.81. The summed E-state index contributed by atoms with van der Waals surface area (Å²) >= 11 is 1.64. The molecule has 6 rings (SSSR count). The molecule has 2 bridgehead atoms. The van der Waals surface area contributed by atoms with Crippen LogP contribution in [0, 0.1) is 17.8 Å². The van der Waals surface area contributed by atoms with E-state index in [4.69, 9.17) is 0 Å². The third-order valence-electron chi connectivity index (χ3n) is 10.0. The van der Waals surface area contributed by atoms with Gasteiger partial charge >= 0.3 is 0 Å². The molecular weight excluding hydrogens is 600 g/mol. The molecular formula is C35H42N6O4S. The van der Waals surface area contributed by atoms with Crippen LogP contribution in [0.2, 0.25) is 0 Å². The Morgan fingerprint density at radius 2 is 1.78 bits per heavy atom. The summed E-state index contributed by atoms with van der Waals surface area (Å²) in [5.41, 5.74) is 2.50. The number of aliphatic hydroxyl groups excluding tert-OH is 1. The van der Waals surface area contributed by atoms with Crippen LogP contribution in [0.5, 0.6) is 0 Å². The topological polar surface area (TPSA) is 112 Å². The summed E-state index contributed by atoms with van der Waals surface area (Å²) in [7, 11) is 0. The van der Waals surface area contributed by atoms with Crippen LogP contribution < -0.4 is 0 Å². The van der Waals surface area contributed by atoms with E-state index < -0.39 is 28.7 Å². The second kappa shape index (κ2) is 13.0. The molecule has 11 heteroatoms. The lowest BCUT2D eigenvalue weighted by Crippen LogP contribution is -2.59. The lowest BCUT2D eigenvalue weighted by atomic mass is 9.65. The number of aromatic nitrogens is 3. The Morgan fingerprint density at radius 3 is 2.48 bits per heavy atom. The maximum absolute atomic E-state index is 14.9. The zero-order valence-electron chi connectivity index (χ0n) is 26.4. The van der Waals surface area contributed by atoms with E-state index in [-0.39, 0.29) is 48.7 Å². The number of carbonyl (C=O) groups is 3. The predicted molar refractivity (Wildman–Crippen MR) is 178 cm³/mol. The van der Waals surface area contributed by atoms with Crippen LogP contribution in [0.4, 0.5) is 0 Å². The van der Waals surface area contributed by atoms with E-state index in [0.29, 0.717) is 19.5 Å². The van der Waals surface area contributed by atoms with Gasteiger partial charge in [-0.1, -0.05) is 73.7 Å². The number of aliphatic hydroxyl groups is 1. The summed E-state index contributed by atoms with van der Waals surface area (Å²) in [4.78, 5) is 49.2. The number of likely N-dealkylation sites (tertiary alicyclic amines) is 1. The molecule has 46 heavy (non-hydrogen) atoms. The van der Waals surface area contributed by atoms with Gasteiger partial charge in [0, 0.05) is 24.9 Å². The van der Waals surface area contributed by atoms with Gasteiger partial charge in [-0.3, -0.25) is 14.4 Å². The van der Waals surface area contributed by atoms with Gasteiger partial charge in [0.1, 0.15) is 18.2 Å². The fourth-order valence-electron chi connectivity index (χ4n) is 7.96. The molecule has 1 spiro atoms. The van der Waals surface area contributed by atoms with Gasteiger partial charge in [0.15, 0.2) is 0 Å². The van der Waals surface area contributed by atoms with E-state index in [2.05, 4.69) is 30.4 Å². The fraction of sp³-hybridized carbons (Fsp3) is 0.457. The molecule has 3 fully saturated rings. The minimum Gasteiger partial charge on any atom is -0.394 e. The zero-order valence-corrected chi connectivity index (χ0v) is 27.3. The molecule has 3 unspecified atom stereocenters. The molecule has 0 radical (unpaired) electrons. The first kappa shape index (κ1) is 32.0. The maximum Gasteiger partial charge on any atom is 0.248 e. The van der Waals surface area contributed by atoms with Gasteiger partial charge < -0.3 is 19.8 Å². The number of rotatable bonds is 13. The average molecular weight is 643 g/mol. The number of benzene rings is 2. The van der Waals surface area contributed by atoms with Crippen LogP contribution in [-0.4, -0.2) is 94.3 Å². The number of nitrogens with zero attached hydrogens (tertiary/aromatic N) is 6. The molecule has 3 saturated heterocycles. The first-order chi connectivity index (χ1) is 22.3. The van der Waals surface area contributed by atoms with Crippen molar-refractivity contribution in [1.29, 1.82) is 0 Å². The number of hydrogen-bond acceptors (Lipinski definition) is 7. The first-order valence-corrected chi connectivity index (χ1v) is 16.9. The van der Waals surface area contributed by atoms with E-state index >= 15 is 0 Å². The van der Waals surface area contributed by atoms with Crippen LogP contribution in [0.3, 0.4) is 0 Å². The summed E-state index contributed by atoms with van der Waals surface area (Å²) in [5, 5.41) is 19.0. The number of hydrogen-bond donors (Lipinski definition) is 1. The average Bonchev–Trinajstić information content (AvgIpc) is 3.79. The molecule has 0 aliphatic carbocycles. The molecule has 3 amide bonds. The quantitative estimate of drug-likeness (QED) is 0.283. The molecule has 7 atom stereocenters. The number of thioether (sulfide) groups is 1. The van der Waals surface area contributed by atoms with Gasteiger partial charge in [0.25, 0.3) is 0 Å². The number of carbonyl (C=O) groups excluding carboxylic acids is 3. The van der Waals surface area contributed by atoms with Gasteiger partial charge in [-0.25, -0.2) is 4.68 Å². The smallest absolute Gasteiger partial charge is 0.248 e. The number of amides is 3. The summed E-state index contributed by atoms with van der Waals surface area (Å²) < 4.78 is 0.861. The molecule has 10 nitrogen and oxygen atoms in total. The van der Waals surface area contributed by atoms with E-state index in [9.17, 15) is 19.5 Å². The van der Waals surface area contributed by atoms with Crippen molar-refractivity contribution in [3.8, 4) is 0 Å². The maximum atomic E-state index is 14.9. The molecule has 0 saturated carbocycles. The van der Waals surface area contributed by atoms with Crippen molar-refractivity contribution in [2.45, 2.75) is 62.0 Å². The Kier molecular flexibility index (Phi) is 9.07. The van der Waals surface area contributed by atoms with Crippen LogP contribution in [0.1, 0.15) is 32.3 Å². The number of para-hydroxylation sites is 1. The Hall–Kier alpha value is -3.96. The first-order valence-electron chi connectivity index (χ1n) is 16.0. The van der Waals surface area contributed by atoms with Crippen molar-refractivity contribution in [1.82, 2.24) is 29.7 Å². The minimum absolute atomic E-state index is 0.00425. The van der Waals surface area contributed by atoms with E-state index in [1.54, 1.807) is 43.3 Å². The summed E-state index contributed by atoms with van der Waals surface area (Å²) in [6.45, 7) is 12.7. The predicted octanol–water partition coefficient (Wildman–Crippen LogP) is 3.73. The van der Waals surface area contributed by atoms with E-state index in [1.807, 2.05) is 61.5 Å². The lowest BCUT2D eigenvalue weighted by Gasteiger charge is -2.42. The highest BCUT2D eigenvalue weighted by molar-refractivity contribution is 8.02. The van der Waals surface area contributed by atoms with Crippen LogP contribution in [0.25, 0.3) is 11.0 Å². The molecule has 4 heterocycles. The second-order valence-electron chi connectivity index (χ2n) is 12.6. The molecule has 1 N–H and O–H groups in total. The minimum atomic E-state index is -0.860. The van der Waals surface area contributed by atoms with Crippen molar-refractivity contribution in [3.63, 3.8) is 0 Å². The normalized spacial score (nSPS) is 27.1. The largest absolute Gasteiger partial charge is 0.394 e. The van der Waals surface area contributed by atoms with Crippen molar-refractivity contribution in [2.75, 3.05) is 19.7 Å². The highest BCUT2D eigenvalue weighted by Gasteiger charge is 2.77. The van der Waals surface area contributed by atoms with Crippen molar-refractivity contribution in [2.24, 2.45) is 17.8 Å². The summed E-state index contributed by atoms with van der Waals surface area (Å²) in [6, 6.07) is 15.9. The lowest BCUT2D eigenvalue weighted by molar-refractivity contribution is -0.147. The third-order valence-corrected chi connectivity index (χ3v) is 12.1. The van der Waals surface area contributed by atoms with Gasteiger partial charge in [0.2, 0.25) is 17.7 Å². The van der Waals surface area contributed by atoms with Gasteiger partial charge in [-0.15, -0.1) is 30.0 Å². The molecule has 1 aromatic heterocycles. The highest BCUT2D eigenvalue weighted by Crippen LogP contribution is 2.69. The van der Waals surface area contributed by atoms with Crippen molar-refractivity contribution < 1.29 is 19.5 Å². The standard InChI is InChI=1S/C35H42N6O4S/c1-5-17-38(20-24-13-9-8-10-14-24)32(43)29-28-19-23(4)35(46-28)30(29)33(44)41(25(7-3)21-42)31(35)34(45)39(18-6-2)22-40-27-16-12-11-15-26(27)36-37-40/h5-6,8-16,23,25,28-31,42H,1-2,7,17-22H2,3-4H3/t23?,25-,28+,29-,30-,31?,35?/m0/s1. The Labute approximate surface area is 274 Å². The van der Waals surface area contributed by atoms with Gasteiger partial charge in [0.05, 0.1) is 34.7 Å². The van der Waals surface area contributed by atoms with Crippen LogP contribution >= 0.6 is 11.8 Å². The Morgan fingerprint density at radius 1 is 1.09 bits per heavy atom. The molecule has 3 aliphatic rings. The third kappa shape index (κ3) is 5.13.